The number of ether oxygens (including phenoxy) is 1. The van der Waals surface area contributed by atoms with Gasteiger partial charge in [0.05, 0.1) is 19.8 Å². The molecule has 0 saturated carbocycles. The monoisotopic (exact) mass is 438 g/mol. The van der Waals surface area contributed by atoms with Crippen molar-refractivity contribution in [3.05, 3.63) is 29.6 Å². The molecule has 23 heavy (non-hydrogen) atoms. The molecule has 6 nitrogen and oxygen atoms in total. The molecule has 0 unspecified atom stereocenters. The molecule has 0 amide bonds. The highest BCUT2D eigenvalue weighted by Crippen LogP contribution is 2.16. The van der Waals surface area contributed by atoms with Crippen molar-refractivity contribution in [1.82, 2.24) is 10.2 Å². The second-order valence-corrected chi connectivity index (χ2v) is 5.22. The number of phenols is 1. The molecule has 1 heterocycles. The van der Waals surface area contributed by atoms with Crippen LogP contribution in [0, 0.1) is 5.82 Å². The maximum atomic E-state index is 13.2. The Morgan fingerprint density at radius 3 is 2.83 bits per heavy atom. The van der Waals surface area contributed by atoms with Crippen molar-refractivity contribution in [3.63, 3.8) is 0 Å². The number of guanidine groups is 1. The first-order valence-electron chi connectivity index (χ1n) is 7.46. The van der Waals surface area contributed by atoms with Gasteiger partial charge in [0.15, 0.2) is 17.5 Å². The third-order valence-electron chi connectivity index (χ3n) is 3.51. The highest BCUT2D eigenvalue weighted by molar-refractivity contribution is 14.0. The molecule has 0 aromatic heterocycles. The van der Waals surface area contributed by atoms with E-state index in [0.717, 1.165) is 45.8 Å². The molecule has 4 N–H and O–H groups in total. The van der Waals surface area contributed by atoms with Crippen LogP contribution in [0.2, 0.25) is 0 Å². The first-order valence-corrected chi connectivity index (χ1v) is 7.46. The summed E-state index contributed by atoms with van der Waals surface area (Å²) < 4.78 is 18.5. The van der Waals surface area contributed by atoms with Crippen LogP contribution in [0.4, 0.5) is 4.39 Å². The Hall–Kier alpha value is -1.13. The molecule has 1 aromatic rings. The van der Waals surface area contributed by atoms with Gasteiger partial charge in [0.2, 0.25) is 0 Å². The number of benzene rings is 1. The van der Waals surface area contributed by atoms with Crippen LogP contribution in [0.15, 0.2) is 23.2 Å². The lowest BCUT2D eigenvalue weighted by molar-refractivity contribution is 0.0376. The number of hydrogen-bond acceptors (Lipinski definition) is 4. The van der Waals surface area contributed by atoms with Gasteiger partial charge in [-0.25, -0.2) is 9.38 Å². The minimum Gasteiger partial charge on any atom is -0.505 e. The summed E-state index contributed by atoms with van der Waals surface area (Å²) >= 11 is 0. The molecule has 0 atom stereocenters. The number of halogens is 2. The molecule has 0 spiro atoms. The summed E-state index contributed by atoms with van der Waals surface area (Å²) in [6.07, 6.45) is 0.976. The van der Waals surface area contributed by atoms with Crippen LogP contribution in [0.25, 0.3) is 0 Å². The van der Waals surface area contributed by atoms with E-state index in [1.807, 2.05) is 0 Å². The average Bonchev–Trinajstić information content (AvgIpc) is 2.54. The Labute approximate surface area is 152 Å². The number of phenolic OH excluding ortho intramolecular Hbond substituents is 1. The van der Waals surface area contributed by atoms with Crippen LogP contribution in [-0.2, 0) is 11.3 Å². The van der Waals surface area contributed by atoms with Crippen molar-refractivity contribution in [2.75, 3.05) is 39.4 Å². The highest BCUT2D eigenvalue weighted by atomic mass is 127. The number of hydrogen-bond donors (Lipinski definition) is 3. The molecule has 0 aliphatic carbocycles. The van der Waals surface area contributed by atoms with E-state index in [1.54, 1.807) is 6.07 Å². The third kappa shape index (κ3) is 7.32. The molecule has 0 radical (unpaired) electrons. The van der Waals surface area contributed by atoms with Gasteiger partial charge < -0.3 is 20.9 Å². The van der Waals surface area contributed by atoms with E-state index < -0.39 is 5.82 Å². The molecule has 1 fully saturated rings. The molecule has 1 saturated heterocycles. The van der Waals surface area contributed by atoms with Gasteiger partial charge in [-0.15, -0.1) is 24.0 Å². The molecule has 1 aromatic carbocycles. The number of nitrogens with one attached hydrogen (secondary N) is 1. The van der Waals surface area contributed by atoms with Gasteiger partial charge in [0.1, 0.15) is 0 Å². The minimum atomic E-state index is -0.648. The molecule has 2 rings (SSSR count). The second-order valence-electron chi connectivity index (χ2n) is 5.22. The van der Waals surface area contributed by atoms with Gasteiger partial charge >= 0.3 is 0 Å². The molecule has 1 aliphatic rings. The summed E-state index contributed by atoms with van der Waals surface area (Å²) in [5.41, 5.74) is 6.43. The van der Waals surface area contributed by atoms with E-state index >= 15 is 0 Å². The highest BCUT2D eigenvalue weighted by Gasteiger charge is 2.09. The molecule has 0 bridgehead atoms. The topological polar surface area (TPSA) is 83.1 Å². The van der Waals surface area contributed by atoms with Gasteiger partial charge in [-0.05, 0) is 30.7 Å². The van der Waals surface area contributed by atoms with Crippen molar-refractivity contribution in [2.24, 2.45) is 10.7 Å². The normalized spacial score (nSPS) is 16.0. The smallest absolute Gasteiger partial charge is 0.188 e. The second kappa shape index (κ2) is 10.6. The lowest BCUT2D eigenvalue weighted by Gasteiger charge is -2.26. The van der Waals surface area contributed by atoms with Crippen LogP contribution < -0.4 is 11.1 Å². The summed E-state index contributed by atoms with van der Waals surface area (Å²) in [7, 11) is 0. The SMILES string of the molecule is I.NC(=NCc1ccc(O)c(F)c1)NCCCN1CCOCC1. The summed E-state index contributed by atoms with van der Waals surface area (Å²) in [6, 6.07) is 4.18. The summed E-state index contributed by atoms with van der Waals surface area (Å²) in [6.45, 7) is 5.61. The van der Waals surface area contributed by atoms with E-state index in [-0.39, 0.29) is 36.3 Å². The third-order valence-corrected chi connectivity index (χ3v) is 3.51. The zero-order chi connectivity index (χ0) is 15.8. The first-order chi connectivity index (χ1) is 10.6. The maximum Gasteiger partial charge on any atom is 0.188 e. The van der Waals surface area contributed by atoms with Gasteiger partial charge in [0.25, 0.3) is 0 Å². The fourth-order valence-corrected chi connectivity index (χ4v) is 2.23. The minimum absolute atomic E-state index is 0. The van der Waals surface area contributed by atoms with E-state index in [0.29, 0.717) is 11.5 Å². The number of aromatic hydroxyl groups is 1. The van der Waals surface area contributed by atoms with Crippen molar-refractivity contribution in [2.45, 2.75) is 13.0 Å². The fourth-order valence-electron chi connectivity index (χ4n) is 2.23. The van der Waals surface area contributed by atoms with E-state index in [1.165, 1.54) is 12.1 Å². The van der Waals surface area contributed by atoms with Crippen LogP contribution in [0.5, 0.6) is 5.75 Å². The lowest BCUT2D eigenvalue weighted by Crippen LogP contribution is -2.39. The van der Waals surface area contributed by atoms with Gasteiger partial charge in [-0.3, -0.25) is 4.90 Å². The summed E-state index contributed by atoms with van der Waals surface area (Å²) in [5, 5.41) is 12.2. The molecule has 1 aliphatic heterocycles. The van der Waals surface area contributed by atoms with Gasteiger partial charge in [-0.2, -0.15) is 0 Å². The average molecular weight is 438 g/mol. The van der Waals surface area contributed by atoms with Crippen molar-refractivity contribution in [3.8, 4) is 5.75 Å². The number of nitrogens with two attached hydrogens (primary N) is 1. The zero-order valence-electron chi connectivity index (χ0n) is 13.0. The van der Waals surface area contributed by atoms with Gasteiger partial charge in [-0.1, -0.05) is 6.07 Å². The summed E-state index contributed by atoms with van der Waals surface area (Å²) in [4.78, 5) is 6.51. The first kappa shape index (κ1) is 19.9. The Kier molecular flexibility index (Phi) is 9.19. The van der Waals surface area contributed by atoms with E-state index in [9.17, 15) is 4.39 Å². The largest absolute Gasteiger partial charge is 0.505 e. The molecular formula is C15H24FIN4O2. The predicted molar refractivity (Wildman–Crippen MR) is 98.7 cm³/mol. The van der Waals surface area contributed by atoms with Crippen LogP contribution >= 0.6 is 24.0 Å². The quantitative estimate of drug-likeness (QED) is 0.270. The fraction of sp³-hybridized carbons (Fsp3) is 0.533. The number of rotatable bonds is 6. The molecular weight excluding hydrogens is 414 g/mol. The van der Waals surface area contributed by atoms with Crippen LogP contribution in [0.1, 0.15) is 12.0 Å². The molecule has 130 valence electrons. The molecule has 8 heteroatoms. The van der Waals surface area contributed by atoms with E-state index in [2.05, 4.69) is 15.2 Å². The van der Waals surface area contributed by atoms with E-state index in [4.69, 9.17) is 15.6 Å². The summed E-state index contributed by atoms with van der Waals surface area (Å²) in [5.74, 6) is -0.665. The number of nitrogens with zero attached hydrogens (tertiary/aromatic N) is 2. The maximum absolute atomic E-state index is 13.2. The number of aliphatic imine (C=N–C) groups is 1. The zero-order valence-corrected chi connectivity index (χ0v) is 15.3. The number of morpholine rings is 1. The van der Waals surface area contributed by atoms with Crippen molar-refractivity contribution < 1.29 is 14.2 Å². The lowest BCUT2D eigenvalue weighted by atomic mass is 10.2. The Morgan fingerprint density at radius 2 is 2.13 bits per heavy atom. The Balaban J connectivity index is 0.00000264. The van der Waals surface area contributed by atoms with Crippen LogP contribution in [0.3, 0.4) is 0 Å². The Morgan fingerprint density at radius 1 is 1.39 bits per heavy atom. The van der Waals surface area contributed by atoms with Crippen LogP contribution in [-0.4, -0.2) is 55.4 Å². The van der Waals surface area contributed by atoms with Crippen molar-refractivity contribution in [1.29, 1.82) is 0 Å². The predicted octanol–water partition coefficient (Wildman–Crippen LogP) is 1.28. The Bertz CT molecular complexity index is 510. The van der Waals surface area contributed by atoms with Crippen molar-refractivity contribution >= 4 is 29.9 Å². The van der Waals surface area contributed by atoms with Gasteiger partial charge in [0, 0.05) is 19.6 Å². The standard InChI is InChI=1S/C15H23FN4O2.HI/c16-13-10-12(2-3-14(13)21)11-19-15(17)18-4-1-5-20-6-8-22-9-7-20;/h2-3,10,21H,1,4-9,11H2,(H3,17,18,19);1H.